The van der Waals surface area contributed by atoms with Crippen LogP contribution in [0.4, 0.5) is 5.69 Å². The molecular weight excluding hydrogens is 499 g/mol. The van der Waals surface area contributed by atoms with E-state index in [1.807, 2.05) is 44.2 Å². The molecular formula is C22H25IN2O3S. The number of amides is 1. The molecule has 154 valence electrons. The summed E-state index contributed by atoms with van der Waals surface area (Å²) in [6.45, 7) is 5.89. The smallest absolute Gasteiger partial charge is 0.262 e. The molecule has 0 unspecified atom stereocenters. The summed E-state index contributed by atoms with van der Waals surface area (Å²) >= 11 is 7.85. The van der Waals surface area contributed by atoms with Gasteiger partial charge in [0, 0.05) is 24.3 Å². The van der Waals surface area contributed by atoms with Crippen LogP contribution in [0.1, 0.15) is 29.5 Å². The van der Waals surface area contributed by atoms with Crippen molar-refractivity contribution in [1.29, 1.82) is 0 Å². The van der Waals surface area contributed by atoms with Crippen LogP contribution >= 0.6 is 34.8 Å². The van der Waals surface area contributed by atoms with E-state index in [2.05, 4.69) is 32.8 Å². The number of carbonyl (C=O) groups excluding carboxylic acids is 1. The Kier molecular flexibility index (Phi) is 7.34. The van der Waals surface area contributed by atoms with Crippen LogP contribution in [0, 0.1) is 17.4 Å². The number of anilines is 1. The molecule has 1 aliphatic heterocycles. The monoisotopic (exact) mass is 524 g/mol. The number of carbonyl (C=O) groups is 1. The molecule has 0 spiro atoms. The highest BCUT2D eigenvalue weighted by molar-refractivity contribution is 14.1. The topological polar surface area (TPSA) is 50.8 Å². The zero-order valence-corrected chi connectivity index (χ0v) is 19.9. The summed E-state index contributed by atoms with van der Waals surface area (Å²) in [5.74, 6) is 0.915. The minimum Gasteiger partial charge on any atom is -0.493 e. The maximum absolute atomic E-state index is 12.4. The fourth-order valence-electron chi connectivity index (χ4n) is 3.30. The van der Waals surface area contributed by atoms with Crippen molar-refractivity contribution in [3.63, 3.8) is 0 Å². The maximum Gasteiger partial charge on any atom is 0.262 e. The van der Waals surface area contributed by atoms with E-state index in [1.54, 1.807) is 7.11 Å². The van der Waals surface area contributed by atoms with Crippen molar-refractivity contribution in [3.05, 3.63) is 50.6 Å². The van der Waals surface area contributed by atoms with Gasteiger partial charge in [-0.2, -0.15) is 0 Å². The molecule has 0 saturated carbocycles. The van der Waals surface area contributed by atoms with Crippen LogP contribution in [-0.2, 0) is 4.79 Å². The lowest BCUT2D eigenvalue weighted by Crippen LogP contribution is -2.26. The molecule has 1 saturated heterocycles. The highest BCUT2D eigenvalue weighted by atomic mass is 127. The van der Waals surface area contributed by atoms with Crippen molar-refractivity contribution in [3.8, 4) is 11.5 Å². The third-order valence-corrected chi connectivity index (χ3v) is 6.39. The summed E-state index contributed by atoms with van der Waals surface area (Å²) in [5.41, 5.74) is 3.92. The quantitative estimate of drug-likeness (QED) is 0.439. The van der Waals surface area contributed by atoms with Crippen LogP contribution in [-0.4, -0.2) is 42.6 Å². The van der Waals surface area contributed by atoms with Gasteiger partial charge in [-0.25, -0.2) is 0 Å². The van der Waals surface area contributed by atoms with Gasteiger partial charge in [0.05, 0.1) is 10.7 Å². The van der Waals surface area contributed by atoms with Gasteiger partial charge in [0.1, 0.15) is 4.99 Å². The zero-order chi connectivity index (χ0) is 21.0. The summed E-state index contributed by atoms with van der Waals surface area (Å²) < 4.78 is 12.2. The lowest BCUT2D eigenvalue weighted by atomic mass is 10.1. The second kappa shape index (κ2) is 9.75. The number of halogens is 1. The largest absolute Gasteiger partial charge is 0.493 e. The predicted molar refractivity (Wildman–Crippen MR) is 128 cm³/mol. The van der Waals surface area contributed by atoms with Crippen molar-refractivity contribution in [2.75, 3.05) is 32.1 Å². The van der Waals surface area contributed by atoms with E-state index in [0.29, 0.717) is 11.5 Å². The molecule has 0 bridgehead atoms. The SMILES string of the molecule is COc1cc(C(=S)N2CCCC2)cc(I)c1OCC(=O)Nc1cccc(C)c1C. The molecule has 2 aromatic carbocycles. The number of ether oxygens (including phenoxy) is 2. The van der Waals surface area contributed by atoms with Crippen LogP contribution in [0.3, 0.4) is 0 Å². The molecule has 5 nitrogen and oxygen atoms in total. The molecule has 3 rings (SSSR count). The number of nitrogens with one attached hydrogen (secondary N) is 1. The van der Waals surface area contributed by atoms with Gasteiger partial charge in [-0.05, 0) is 78.6 Å². The Balaban J connectivity index is 1.70. The van der Waals surface area contributed by atoms with Crippen molar-refractivity contribution < 1.29 is 14.3 Å². The van der Waals surface area contributed by atoms with Gasteiger partial charge in [0.15, 0.2) is 18.1 Å². The Morgan fingerprint density at radius 2 is 1.97 bits per heavy atom. The summed E-state index contributed by atoms with van der Waals surface area (Å²) in [6.07, 6.45) is 2.34. The van der Waals surface area contributed by atoms with Gasteiger partial charge in [-0.3, -0.25) is 4.79 Å². The summed E-state index contributed by atoms with van der Waals surface area (Å²) in [6, 6.07) is 9.71. The Morgan fingerprint density at radius 3 is 2.66 bits per heavy atom. The molecule has 0 aromatic heterocycles. The molecule has 7 heteroatoms. The Morgan fingerprint density at radius 1 is 1.24 bits per heavy atom. The molecule has 1 heterocycles. The molecule has 0 atom stereocenters. The minimum absolute atomic E-state index is 0.102. The van der Waals surface area contributed by atoms with E-state index in [-0.39, 0.29) is 12.5 Å². The first kappa shape index (κ1) is 21.8. The van der Waals surface area contributed by atoms with Gasteiger partial charge in [-0.15, -0.1) is 0 Å². The third-order valence-electron chi connectivity index (χ3n) is 5.10. The standard InChI is InChI=1S/C22H25IN2O3S/c1-14-7-6-8-18(15(14)2)24-20(26)13-28-21-17(23)11-16(12-19(21)27-3)22(29)25-9-4-5-10-25/h6-8,11-12H,4-5,9-10,13H2,1-3H3,(H,24,26). The lowest BCUT2D eigenvalue weighted by Gasteiger charge is -2.20. The number of aryl methyl sites for hydroxylation is 1. The molecule has 29 heavy (non-hydrogen) atoms. The van der Waals surface area contributed by atoms with E-state index in [4.69, 9.17) is 21.7 Å². The van der Waals surface area contributed by atoms with E-state index >= 15 is 0 Å². The Labute approximate surface area is 190 Å². The first-order chi connectivity index (χ1) is 13.9. The number of methoxy groups -OCH3 is 1. The van der Waals surface area contributed by atoms with Crippen molar-refractivity contribution in [2.24, 2.45) is 0 Å². The number of benzene rings is 2. The summed E-state index contributed by atoms with van der Waals surface area (Å²) in [4.78, 5) is 15.5. The van der Waals surface area contributed by atoms with Gasteiger partial charge in [-0.1, -0.05) is 24.4 Å². The molecule has 1 aliphatic rings. The summed E-state index contributed by atoms with van der Waals surface area (Å²) in [5, 5.41) is 2.91. The average Bonchev–Trinajstić information content (AvgIpc) is 3.24. The fraction of sp³-hybridized carbons (Fsp3) is 0.364. The van der Waals surface area contributed by atoms with Crippen LogP contribution in [0.25, 0.3) is 0 Å². The van der Waals surface area contributed by atoms with Gasteiger partial charge in [0.25, 0.3) is 5.91 Å². The second-order valence-corrected chi connectivity index (χ2v) is 8.62. The van der Waals surface area contributed by atoms with Crippen molar-refractivity contribution in [2.45, 2.75) is 26.7 Å². The van der Waals surface area contributed by atoms with E-state index in [9.17, 15) is 4.79 Å². The van der Waals surface area contributed by atoms with E-state index < -0.39 is 0 Å². The van der Waals surface area contributed by atoms with Crippen LogP contribution < -0.4 is 14.8 Å². The van der Waals surface area contributed by atoms with E-state index in [1.165, 1.54) is 12.8 Å². The van der Waals surface area contributed by atoms with Crippen molar-refractivity contribution >= 4 is 51.4 Å². The van der Waals surface area contributed by atoms with Gasteiger partial charge in [0.2, 0.25) is 0 Å². The molecule has 1 amide bonds. The molecule has 2 aromatic rings. The molecule has 0 aliphatic carbocycles. The molecule has 0 radical (unpaired) electrons. The zero-order valence-electron chi connectivity index (χ0n) is 16.9. The fourth-order valence-corrected chi connectivity index (χ4v) is 4.35. The normalized spacial score (nSPS) is 13.3. The molecule has 1 N–H and O–H groups in total. The predicted octanol–water partition coefficient (Wildman–Crippen LogP) is 4.71. The Hall–Kier alpha value is -1.87. The first-order valence-corrected chi connectivity index (χ1v) is 11.0. The summed E-state index contributed by atoms with van der Waals surface area (Å²) in [7, 11) is 1.59. The van der Waals surface area contributed by atoms with Crippen molar-refractivity contribution in [1.82, 2.24) is 4.90 Å². The van der Waals surface area contributed by atoms with Gasteiger partial charge < -0.3 is 19.7 Å². The lowest BCUT2D eigenvalue weighted by molar-refractivity contribution is -0.118. The minimum atomic E-state index is -0.215. The third kappa shape index (κ3) is 5.19. The van der Waals surface area contributed by atoms with Gasteiger partial charge >= 0.3 is 0 Å². The number of hydrogen-bond acceptors (Lipinski definition) is 4. The number of likely N-dealkylation sites (tertiary alicyclic amines) is 1. The number of rotatable bonds is 6. The maximum atomic E-state index is 12.4. The first-order valence-electron chi connectivity index (χ1n) is 9.56. The second-order valence-electron chi connectivity index (χ2n) is 7.07. The van der Waals surface area contributed by atoms with Crippen LogP contribution in [0.5, 0.6) is 11.5 Å². The number of thiocarbonyl (C=S) groups is 1. The number of nitrogens with zero attached hydrogens (tertiary/aromatic N) is 1. The average molecular weight is 524 g/mol. The van der Waals surface area contributed by atoms with E-state index in [0.717, 1.165) is 44.0 Å². The number of hydrogen-bond donors (Lipinski definition) is 1. The van der Waals surface area contributed by atoms with Crippen LogP contribution in [0.15, 0.2) is 30.3 Å². The van der Waals surface area contributed by atoms with Crippen LogP contribution in [0.2, 0.25) is 0 Å². The molecule has 1 fully saturated rings. The highest BCUT2D eigenvalue weighted by Gasteiger charge is 2.20. The Bertz CT molecular complexity index is 927. The highest BCUT2D eigenvalue weighted by Crippen LogP contribution is 2.35.